The Labute approximate surface area is 159 Å². The lowest BCUT2D eigenvalue weighted by molar-refractivity contribution is 0.0684. The molecular weight excluding hydrogens is 350 g/mol. The van der Waals surface area contributed by atoms with Crippen molar-refractivity contribution in [3.8, 4) is 5.82 Å². The molecule has 3 heterocycles. The second-order valence-electron chi connectivity index (χ2n) is 6.88. The van der Waals surface area contributed by atoms with Crippen LogP contribution in [0.4, 0.5) is 0 Å². The van der Waals surface area contributed by atoms with E-state index in [1.807, 2.05) is 24.8 Å². The zero-order valence-electron chi connectivity index (χ0n) is 15.6. The minimum atomic E-state index is -0.0970. The standard InChI is InChI=1S/C19H26ClN5O/c1-4-21-12-15-7-9-24(10-8-15)19(26)18-16(20)5-6-17(22-18)25-14(3)11-13(2)23-25/h5-6,11,15,21H,4,7-10,12H2,1-3H3. The van der Waals surface area contributed by atoms with Crippen LogP contribution >= 0.6 is 11.6 Å². The molecule has 7 heteroatoms. The number of hydrogen-bond donors (Lipinski definition) is 1. The van der Waals surface area contributed by atoms with Crippen LogP contribution in [0.5, 0.6) is 0 Å². The number of hydrogen-bond acceptors (Lipinski definition) is 4. The molecule has 1 fully saturated rings. The number of aryl methyl sites for hydroxylation is 2. The highest BCUT2D eigenvalue weighted by molar-refractivity contribution is 6.33. The van der Waals surface area contributed by atoms with Crippen LogP contribution in [-0.4, -0.2) is 51.8 Å². The van der Waals surface area contributed by atoms with Crippen molar-refractivity contribution < 1.29 is 4.79 Å². The average molecular weight is 376 g/mol. The molecule has 140 valence electrons. The summed E-state index contributed by atoms with van der Waals surface area (Å²) in [7, 11) is 0. The molecule has 0 unspecified atom stereocenters. The molecule has 1 aliphatic heterocycles. The number of nitrogens with one attached hydrogen (secondary N) is 1. The Morgan fingerprint density at radius 1 is 1.31 bits per heavy atom. The molecule has 2 aromatic rings. The molecule has 0 radical (unpaired) electrons. The maximum Gasteiger partial charge on any atom is 0.274 e. The highest BCUT2D eigenvalue weighted by Crippen LogP contribution is 2.22. The van der Waals surface area contributed by atoms with Crippen LogP contribution in [0.3, 0.4) is 0 Å². The van der Waals surface area contributed by atoms with Crippen molar-refractivity contribution >= 4 is 17.5 Å². The molecule has 0 atom stereocenters. The van der Waals surface area contributed by atoms with Gasteiger partial charge in [-0.15, -0.1) is 0 Å². The van der Waals surface area contributed by atoms with Gasteiger partial charge in [-0.1, -0.05) is 18.5 Å². The monoisotopic (exact) mass is 375 g/mol. The quantitative estimate of drug-likeness (QED) is 0.872. The van der Waals surface area contributed by atoms with E-state index in [1.165, 1.54) is 0 Å². The third kappa shape index (κ3) is 4.07. The van der Waals surface area contributed by atoms with Crippen LogP contribution in [0.25, 0.3) is 5.82 Å². The smallest absolute Gasteiger partial charge is 0.274 e. The Kier molecular flexibility index (Phi) is 5.94. The highest BCUT2D eigenvalue weighted by atomic mass is 35.5. The molecule has 6 nitrogen and oxygen atoms in total. The number of aromatic nitrogens is 3. The summed E-state index contributed by atoms with van der Waals surface area (Å²) in [5.41, 5.74) is 2.19. The summed E-state index contributed by atoms with van der Waals surface area (Å²) in [6, 6.07) is 5.50. The number of piperidine rings is 1. The van der Waals surface area contributed by atoms with Gasteiger partial charge in [0.1, 0.15) is 5.69 Å². The van der Waals surface area contributed by atoms with Crippen LogP contribution in [0.15, 0.2) is 18.2 Å². The van der Waals surface area contributed by atoms with Crippen LogP contribution < -0.4 is 5.32 Å². The van der Waals surface area contributed by atoms with E-state index in [-0.39, 0.29) is 5.91 Å². The minimum absolute atomic E-state index is 0.0970. The molecule has 1 saturated heterocycles. The normalized spacial score (nSPS) is 15.5. The Balaban J connectivity index is 1.76. The number of halogens is 1. The van der Waals surface area contributed by atoms with E-state index in [1.54, 1.807) is 16.8 Å². The Morgan fingerprint density at radius 3 is 2.65 bits per heavy atom. The van der Waals surface area contributed by atoms with Crippen molar-refractivity contribution in [3.63, 3.8) is 0 Å². The largest absolute Gasteiger partial charge is 0.337 e. The molecule has 0 saturated carbocycles. The summed E-state index contributed by atoms with van der Waals surface area (Å²) in [5, 5.41) is 8.21. The van der Waals surface area contributed by atoms with Gasteiger partial charge in [-0.05, 0) is 63.9 Å². The van der Waals surface area contributed by atoms with Gasteiger partial charge in [-0.25, -0.2) is 9.67 Å². The lowest BCUT2D eigenvalue weighted by Gasteiger charge is -2.32. The Bertz CT molecular complexity index is 780. The number of pyridine rings is 1. The molecule has 1 aliphatic rings. The van der Waals surface area contributed by atoms with Gasteiger partial charge < -0.3 is 10.2 Å². The van der Waals surface area contributed by atoms with Gasteiger partial charge in [-0.2, -0.15) is 5.10 Å². The first-order valence-corrected chi connectivity index (χ1v) is 9.57. The molecule has 0 aliphatic carbocycles. The first-order chi connectivity index (χ1) is 12.5. The second-order valence-corrected chi connectivity index (χ2v) is 7.29. The predicted octanol–water partition coefficient (Wildman–Crippen LogP) is 3.00. The predicted molar refractivity (Wildman–Crippen MR) is 103 cm³/mol. The van der Waals surface area contributed by atoms with E-state index in [4.69, 9.17) is 11.6 Å². The highest BCUT2D eigenvalue weighted by Gasteiger charge is 2.26. The summed E-state index contributed by atoms with van der Waals surface area (Å²) in [4.78, 5) is 19.3. The number of nitrogens with zero attached hydrogens (tertiary/aromatic N) is 4. The molecule has 1 amide bonds. The molecule has 0 spiro atoms. The van der Waals surface area contributed by atoms with Crippen molar-refractivity contribution in [3.05, 3.63) is 40.3 Å². The summed E-state index contributed by atoms with van der Waals surface area (Å²) >= 11 is 6.29. The van der Waals surface area contributed by atoms with Crippen molar-refractivity contribution in [1.29, 1.82) is 0 Å². The summed E-state index contributed by atoms with van der Waals surface area (Å²) < 4.78 is 1.74. The van der Waals surface area contributed by atoms with E-state index in [0.29, 0.717) is 22.5 Å². The molecule has 0 aromatic carbocycles. The van der Waals surface area contributed by atoms with Gasteiger partial charge in [0.05, 0.1) is 10.7 Å². The number of amides is 1. The lowest BCUT2D eigenvalue weighted by Crippen LogP contribution is -2.41. The van der Waals surface area contributed by atoms with Gasteiger partial charge in [0.2, 0.25) is 0 Å². The number of likely N-dealkylation sites (tertiary alicyclic amines) is 1. The average Bonchev–Trinajstić information content (AvgIpc) is 2.98. The van der Waals surface area contributed by atoms with Gasteiger partial charge in [0.15, 0.2) is 5.82 Å². The number of carbonyl (C=O) groups is 1. The van der Waals surface area contributed by atoms with Crippen LogP contribution in [0.1, 0.15) is 41.6 Å². The summed E-state index contributed by atoms with van der Waals surface area (Å²) in [5.74, 6) is 1.15. The molecule has 2 aromatic heterocycles. The van der Waals surface area contributed by atoms with E-state index in [2.05, 4.69) is 22.3 Å². The number of carbonyl (C=O) groups excluding carboxylic acids is 1. The SMILES string of the molecule is CCNCC1CCN(C(=O)c2nc(-n3nc(C)cc3C)ccc2Cl)CC1. The van der Waals surface area contributed by atoms with E-state index in [0.717, 1.165) is 50.4 Å². The van der Waals surface area contributed by atoms with Crippen molar-refractivity contribution in [2.24, 2.45) is 5.92 Å². The fourth-order valence-electron chi connectivity index (χ4n) is 3.40. The van der Waals surface area contributed by atoms with Crippen molar-refractivity contribution in [1.82, 2.24) is 25.0 Å². The fraction of sp³-hybridized carbons (Fsp3) is 0.526. The molecule has 26 heavy (non-hydrogen) atoms. The molecule has 0 bridgehead atoms. The van der Waals surface area contributed by atoms with Crippen LogP contribution in [0, 0.1) is 19.8 Å². The van der Waals surface area contributed by atoms with Gasteiger partial charge in [-0.3, -0.25) is 4.79 Å². The first kappa shape index (κ1) is 18.9. The fourth-order valence-corrected chi connectivity index (χ4v) is 3.59. The molecule has 1 N–H and O–H groups in total. The summed E-state index contributed by atoms with van der Waals surface area (Å²) in [6.45, 7) is 9.51. The third-order valence-corrected chi connectivity index (χ3v) is 5.15. The Hall–Kier alpha value is -1.92. The maximum absolute atomic E-state index is 12.9. The van der Waals surface area contributed by atoms with E-state index < -0.39 is 0 Å². The van der Waals surface area contributed by atoms with Crippen LogP contribution in [0.2, 0.25) is 5.02 Å². The van der Waals surface area contributed by atoms with Crippen LogP contribution in [-0.2, 0) is 0 Å². The van der Waals surface area contributed by atoms with Gasteiger partial charge >= 0.3 is 0 Å². The lowest BCUT2D eigenvalue weighted by atomic mass is 9.96. The zero-order valence-corrected chi connectivity index (χ0v) is 16.4. The van der Waals surface area contributed by atoms with E-state index in [9.17, 15) is 4.79 Å². The Morgan fingerprint density at radius 2 is 2.04 bits per heavy atom. The van der Waals surface area contributed by atoms with Crippen molar-refractivity contribution in [2.75, 3.05) is 26.2 Å². The van der Waals surface area contributed by atoms with Gasteiger partial charge in [0, 0.05) is 18.8 Å². The topological polar surface area (TPSA) is 63.1 Å². The minimum Gasteiger partial charge on any atom is -0.337 e. The first-order valence-electron chi connectivity index (χ1n) is 9.19. The molecular formula is C19H26ClN5O. The summed E-state index contributed by atoms with van der Waals surface area (Å²) in [6.07, 6.45) is 2.01. The maximum atomic E-state index is 12.9. The van der Waals surface area contributed by atoms with E-state index >= 15 is 0 Å². The second kappa shape index (κ2) is 8.18. The molecule has 3 rings (SSSR count). The number of rotatable bonds is 5. The third-order valence-electron chi connectivity index (χ3n) is 4.85. The zero-order chi connectivity index (χ0) is 18.7. The van der Waals surface area contributed by atoms with Crippen molar-refractivity contribution in [2.45, 2.75) is 33.6 Å². The van der Waals surface area contributed by atoms with Gasteiger partial charge in [0.25, 0.3) is 5.91 Å².